The molecular weight excluding hydrogens is 316 g/mol. The van der Waals surface area contributed by atoms with E-state index in [0.29, 0.717) is 6.54 Å². The average molecular weight is 344 g/mol. The Bertz CT molecular complexity index is 662. The van der Waals surface area contributed by atoms with Gasteiger partial charge in [-0.2, -0.15) is 0 Å². The molecule has 0 aromatic heterocycles. The molecule has 0 aliphatic heterocycles. The van der Waals surface area contributed by atoms with Gasteiger partial charge in [-0.15, -0.1) is 11.8 Å². The molecule has 0 aliphatic carbocycles. The second-order valence-electron chi connectivity index (χ2n) is 6.36. The minimum absolute atomic E-state index is 0.0743. The van der Waals surface area contributed by atoms with Crippen molar-refractivity contribution in [2.45, 2.75) is 25.7 Å². The van der Waals surface area contributed by atoms with E-state index in [1.165, 1.54) is 15.4 Å². The molecule has 1 unspecified atom stereocenters. The van der Waals surface area contributed by atoms with E-state index in [1.54, 1.807) is 0 Å². The Balaban J connectivity index is 1.76. The van der Waals surface area contributed by atoms with Crippen LogP contribution in [0.2, 0.25) is 0 Å². The monoisotopic (exact) mass is 343 g/mol. The van der Waals surface area contributed by atoms with Crippen molar-refractivity contribution < 1.29 is 9.69 Å². The largest absolute Gasteiger partial charge is 0.329 e. The number of hydrogen-bond donors (Lipinski definition) is 2. The van der Waals surface area contributed by atoms with Gasteiger partial charge in [0.1, 0.15) is 0 Å². The lowest BCUT2D eigenvalue weighted by atomic mass is 10.1. The van der Waals surface area contributed by atoms with Gasteiger partial charge in [0.2, 0.25) is 0 Å². The minimum atomic E-state index is 0.0743. The van der Waals surface area contributed by atoms with Gasteiger partial charge < -0.3 is 10.2 Å². The smallest absolute Gasteiger partial charge is 0.279 e. The quantitative estimate of drug-likeness (QED) is 0.758. The fraction of sp³-hybridized carbons (Fsp3) is 0.350. The third-order valence-electron chi connectivity index (χ3n) is 4.03. The third-order valence-corrected chi connectivity index (χ3v) is 5.04. The standard InChI is InChI=1S/C20H26N2OS/c1-15-8-10-18(11-9-15)24-13-12-22(4)14-19(23)21-20-16(2)6-5-7-17(20)3/h5-11H,12-14H2,1-4H3,(H,21,23)/p+1. The summed E-state index contributed by atoms with van der Waals surface area (Å²) in [6.07, 6.45) is 0. The van der Waals surface area contributed by atoms with Crippen LogP contribution >= 0.6 is 11.8 Å². The number of para-hydroxylation sites is 1. The summed E-state index contributed by atoms with van der Waals surface area (Å²) in [5.74, 6) is 1.08. The number of carbonyl (C=O) groups excluding carboxylic acids is 1. The van der Waals surface area contributed by atoms with Crippen molar-refractivity contribution in [2.24, 2.45) is 0 Å². The Labute approximate surface area is 149 Å². The molecule has 0 saturated heterocycles. The normalized spacial score (nSPS) is 12.0. The molecule has 2 rings (SSSR count). The number of carbonyl (C=O) groups is 1. The molecule has 0 fully saturated rings. The third kappa shape index (κ3) is 5.69. The van der Waals surface area contributed by atoms with Crippen molar-refractivity contribution in [3.05, 3.63) is 59.2 Å². The van der Waals surface area contributed by atoms with Crippen LogP contribution in [0.25, 0.3) is 0 Å². The highest BCUT2D eigenvalue weighted by Crippen LogP contribution is 2.19. The molecule has 2 aromatic carbocycles. The number of likely N-dealkylation sites (N-methyl/N-ethyl adjacent to an activating group) is 1. The van der Waals surface area contributed by atoms with Crippen LogP contribution < -0.4 is 10.2 Å². The highest BCUT2D eigenvalue weighted by Gasteiger charge is 2.12. The number of rotatable bonds is 7. The van der Waals surface area contributed by atoms with Gasteiger partial charge in [0.05, 0.1) is 13.6 Å². The lowest BCUT2D eigenvalue weighted by Gasteiger charge is -2.15. The molecule has 0 bridgehead atoms. The van der Waals surface area contributed by atoms with Crippen molar-refractivity contribution in [3.63, 3.8) is 0 Å². The second kappa shape index (κ2) is 8.90. The Morgan fingerprint density at radius 1 is 1.04 bits per heavy atom. The van der Waals surface area contributed by atoms with Crippen LogP contribution in [0.3, 0.4) is 0 Å². The van der Waals surface area contributed by atoms with Gasteiger partial charge in [-0.3, -0.25) is 4.79 Å². The predicted molar refractivity (Wildman–Crippen MR) is 103 cm³/mol. The van der Waals surface area contributed by atoms with Gasteiger partial charge in [0, 0.05) is 16.3 Å². The first-order valence-corrected chi connectivity index (χ1v) is 9.31. The zero-order chi connectivity index (χ0) is 17.5. The fourth-order valence-electron chi connectivity index (χ4n) is 2.54. The SMILES string of the molecule is Cc1ccc(SCC[NH+](C)CC(=O)Nc2c(C)cccc2C)cc1. The van der Waals surface area contributed by atoms with Crippen LogP contribution in [-0.2, 0) is 4.79 Å². The van der Waals surface area contributed by atoms with Crippen LogP contribution in [0.4, 0.5) is 5.69 Å². The van der Waals surface area contributed by atoms with Gasteiger partial charge in [-0.05, 0) is 44.0 Å². The van der Waals surface area contributed by atoms with Crippen LogP contribution in [0, 0.1) is 20.8 Å². The zero-order valence-electron chi connectivity index (χ0n) is 15.0. The van der Waals surface area contributed by atoms with Crippen LogP contribution in [-0.4, -0.2) is 31.8 Å². The summed E-state index contributed by atoms with van der Waals surface area (Å²) >= 11 is 1.84. The van der Waals surface area contributed by atoms with E-state index in [1.807, 2.05) is 43.8 Å². The highest BCUT2D eigenvalue weighted by atomic mass is 32.2. The number of thioether (sulfide) groups is 1. The van der Waals surface area contributed by atoms with Gasteiger partial charge in [-0.1, -0.05) is 35.9 Å². The summed E-state index contributed by atoms with van der Waals surface area (Å²) in [6, 6.07) is 14.6. The van der Waals surface area contributed by atoms with Gasteiger partial charge in [0.25, 0.3) is 5.91 Å². The van der Waals surface area contributed by atoms with E-state index < -0.39 is 0 Å². The lowest BCUT2D eigenvalue weighted by molar-refractivity contribution is -0.868. The Hall–Kier alpha value is -1.78. The number of benzene rings is 2. The molecule has 0 radical (unpaired) electrons. The molecule has 1 amide bonds. The van der Waals surface area contributed by atoms with E-state index in [0.717, 1.165) is 29.1 Å². The number of aryl methyl sites for hydroxylation is 3. The first kappa shape index (κ1) is 18.6. The molecule has 2 N–H and O–H groups in total. The highest BCUT2D eigenvalue weighted by molar-refractivity contribution is 7.99. The Morgan fingerprint density at radius 3 is 2.29 bits per heavy atom. The van der Waals surface area contributed by atoms with Crippen LogP contribution in [0.15, 0.2) is 47.4 Å². The first-order chi connectivity index (χ1) is 11.5. The van der Waals surface area contributed by atoms with E-state index >= 15 is 0 Å². The molecule has 3 nitrogen and oxygen atoms in total. The van der Waals surface area contributed by atoms with E-state index in [-0.39, 0.29) is 5.91 Å². The Morgan fingerprint density at radius 2 is 1.67 bits per heavy atom. The maximum Gasteiger partial charge on any atom is 0.279 e. The van der Waals surface area contributed by atoms with E-state index in [4.69, 9.17) is 0 Å². The molecule has 4 heteroatoms. The molecule has 1 atom stereocenters. The summed E-state index contributed by atoms with van der Waals surface area (Å²) in [5, 5.41) is 3.06. The topological polar surface area (TPSA) is 33.5 Å². The molecule has 24 heavy (non-hydrogen) atoms. The number of anilines is 1. The predicted octanol–water partition coefficient (Wildman–Crippen LogP) is 2.86. The molecular formula is C20H27N2OS+. The van der Waals surface area contributed by atoms with Crippen molar-refractivity contribution >= 4 is 23.4 Å². The van der Waals surface area contributed by atoms with Gasteiger partial charge in [0.15, 0.2) is 6.54 Å². The molecule has 2 aromatic rings. The molecule has 128 valence electrons. The maximum atomic E-state index is 12.3. The van der Waals surface area contributed by atoms with Gasteiger partial charge >= 0.3 is 0 Å². The number of nitrogens with one attached hydrogen (secondary N) is 2. The van der Waals surface area contributed by atoms with E-state index in [9.17, 15) is 4.79 Å². The summed E-state index contributed by atoms with van der Waals surface area (Å²) in [6.45, 7) is 7.59. The number of amides is 1. The zero-order valence-corrected chi connectivity index (χ0v) is 15.8. The maximum absolute atomic E-state index is 12.3. The summed E-state index contributed by atoms with van der Waals surface area (Å²) in [7, 11) is 2.07. The minimum Gasteiger partial charge on any atom is -0.329 e. The number of hydrogen-bond acceptors (Lipinski definition) is 2. The summed E-state index contributed by atoms with van der Waals surface area (Å²) in [5.41, 5.74) is 4.45. The summed E-state index contributed by atoms with van der Waals surface area (Å²) < 4.78 is 0. The fourth-order valence-corrected chi connectivity index (χ4v) is 3.55. The van der Waals surface area contributed by atoms with Crippen LogP contribution in [0.5, 0.6) is 0 Å². The molecule has 0 heterocycles. The number of quaternary nitrogens is 1. The average Bonchev–Trinajstić information content (AvgIpc) is 2.53. The van der Waals surface area contributed by atoms with Crippen molar-refractivity contribution in [2.75, 3.05) is 31.2 Å². The van der Waals surface area contributed by atoms with Crippen molar-refractivity contribution in [1.29, 1.82) is 0 Å². The molecule has 0 aliphatic rings. The second-order valence-corrected chi connectivity index (χ2v) is 7.53. The molecule has 0 spiro atoms. The van der Waals surface area contributed by atoms with E-state index in [2.05, 4.69) is 43.6 Å². The van der Waals surface area contributed by atoms with Crippen molar-refractivity contribution in [3.8, 4) is 0 Å². The van der Waals surface area contributed by atoms with Crippen LogP contribution in [0.1, 0.15) is 16.7 Å². The first-order valence-electron chi connectivity index (χ1n) is 8.32. The molecule has 0 saturated carbocycles. The van der Waals surface area contributed by atoms with Crippen molar-refractivity contribution in [1.82, 2.24) is 0 Å². The Kier molecular flexibility index (Phi) is 6.88. The lowest BCUT2D eigenvalue weighted by Crippen LogP contribution is -3.10. The van der Waals surface area contributed by atoms with Gasteiger partial charge in [-0.25, -0.2) is 0 Å². The summed E-state index contributed by atoms with van der Waals surface area (Å²) in [4.78, 5) is 14.8.